The first-order valence-electron chi connectivity index (χ1n) is 11.2. The molecule has 1 amide bonds. The van der Waals surface area contributed by atoms with E-state index in [1.165, 1.54) is 24.9 Å². The quantitative estimate of drug-likeness (QED) is 0.749. The first kappa shape index (κ1) is 20.1. The number of hydrogen-bond acceptors (Lipinski definition) is 3. The van der Waals surface area contributed by atoms with Crippen molar-refractivity contribution in [1.82, 2.24) is 19.6 Å². The van der Waals surface area contributed by atoms with E-state index in [4.69, 9.17) is 0 Å². The topological polar surface area (TPSA) is 41.4 Å². The largest absolute Gasteiger partial charge is 0.338 e. The third kappa shape index (κ3) is 4.55. The van der Waals surface area contributed by atoms with E-state index < -0.39 is 0 Å². The van der Waals surface area contributed by atoms with Crippen LogP contribution in [0, 0.1) is 12.3 Å². The van der Waals surface area contributed by atoms with Gasteiger partial charge in [0.25, 0.3) is 5.91 Å². The smallest absolute Gasteiger partial charge is 0.257 e. The first-order valence-corrected chi connectivity index (χ1v) is 11.2. The van der Waals surface area contributed by atoms with Gasteiger partial charge in [-0.2, -0.15) is 5.10 Å². The maximum Gasteiger partial charge on any atom is 0.257 e. The van der Waals surface area contributed by atoms with Crippen molar-refractivity contribution in [2.45, 2.75) is 52.5 Å². The molecule has 0 radical (unpaired) electrons. The van der Waals surface area contributed by atoms with Crippen molar-refractivity contribution in [2.24, 2.45) is 5.41 Å². The zero-order chi connectivity index (χ0) is 20.3. The Morgan fingerprint density at radius 1 is 1.10 bits per heavy atom. The third-order valence-electron chi connectivity index (χ3n) is 6.66. The van der Waals surface area contributed by atoms with Crippen molar-refractivity contribution in [3.8, 4) is 0 Å². The van der Waals surface area contributed by atoms with E-state index in [2.05, 4.69) is 52.2 Å². The minimum atomic E-state index is 0.170. The molecule has 1 spiro atoms. The Kier molecular flexibility index (Phi) is 6.04. The number of piperidine rings is 1. The lowest BCUT2D eigenvalue weighted by Crippen LogP contribution is -2.46. The van der Waals surface area contributed by atoms with Gasteiger partial charge in [0.2, 0.25) is 0 Å². The normalized spacial score (nSPS) is 22.5. The van der Waals surface area contributed by atoms with Gasteiger partial charge >= 0.3 is 0 Å². The highest BCUT2D eigenvalue weighted by Crippen LogP contribution is 2.39. The summed E-state index contributed by atoms with van der Waals surface area (Å²) in [6.45, 7) is 10.2. The molecular weight excluding hydrogens is 360 g/mol. The maximum atomic E-state index is 13.2. The van der Waals surface area contributed by atoms with Crippen molar-refractivity contribution < 1.29 is 4.79 Å². The standard InChI is InChI=1S/C24H34N4O/c1-3-13-28-17-22(20(2)25-28)23(29)27-16-12-24(19-27)11-7-14-26(18-24)15-10-21-8-5-4-6-9-21/h4-6,8-9,17H,3,7,10-16,18-19H2,1-2H3. The maximum absolute atomic E-state index is 13.2. The molecule has 1 atom stereocenters. The fourth-order valence-corrected chi connectivity index (χ4v) is 5.12. The second-order valence-corrected chi connectivity index (χ2v) is 8.98. The molecule has 2 aromatic rings. The molecule has 5 heteroatoms. The van der Waals surface area contributed by atoms with Gasteiger partial charge in [-0.3, -0.25) is 9.48 Å². The van der Waals surface area contributed by atoms with Crippen molar-refractivity contribution >= 4 is 5.91 Å². The lowest BCUT2D eigenvalue weighted by Gasteiger charge is -2.40. The molecular formula is C24H34N4O. The second kappa shape index (κ2) is 8.70. The predicted molar refractivity (Wildman–Crippen MR) is 116 cm³/mol. The van der Waals surface area contributed by atoms with E-state index in [0.717, 1.165) is 63.2 Å². The number of carbonyl (C=O) groups is 1. The molecule has 1 aromatic carbocycles. The molecule has 0 bridgehead atoms. The summed E-state index contributed by atoms with van der Waals surface area (Å²) in [5, 5.41) is 4.52. The summed E-state index contributed by atoms with van der Waals surface area (Å²) in [4.78, 5) is 17.9. The van der Waals surface area contributed by atoms with Gasteiger partial charge in [0.1, 0.15) is 0 Å². The molecule has 1 unspecified atom stereocenters. The lowest BCUT2D eigenvalue weighted by molar-refractivity contribution is 0.0691. The minimum Gasteiger partial charge on any atom is -0.338 e. The molecule has 2 fully saturated rings. The van der Waals surface area contributed by atoms with Gasteiger partial charge in [-0.25, -0.2) is 0 Å². The van der Waals surface area contributed by atoms with Gasteiger partial charge in [0.05, 0.1) is 11.3 Å². The summed E-state index contributed by atoms with van der Waals surface area (Å²) >= 11 is 0. The molecule has 0 aliphatic carbocycles. The SMILES string of the molecule is CCCn1cc(C(=O)N2CCC3(CCCN(CCc4ccccc4)C3)C2)c(C)n1. The molecule has 0 N–H and O–H groups in total. The predicted octanol–water partition coefficient (Wildman–Crippen LogP) is 3.77. The highest BCUT2D eigenvalue weighted by molar-refractivity contribution is 5.95. The van der Waals surface area contributed by atoms with Crippen LogP contribution < -0.4 is 0 Å². The average molecular weight is 395 g/mol. The number of aryl methyl sites for hydroxylation is 2. The number of nitrogens with zero attached hydrogens (tertiary/aromatic N) is 4. The molecule has 5 nitrogen and oxygen atoms in total. The van der Waals surface area contributed by atoms with E-state index in [9.17, 15) is 4.79 Å². The second-order valence-electron chi connectivity index (χ2n) is 8.98. The number of rotatable bonds is 6. The van der Waals surface area contributed by atoms with Crippen molar-refractivity contribution in [1.29, 1.82) is 0 Å². The summed E-state index contributed by atoms with van der Waals surface area (Å²) in [7, 11) is 0. The molecule has 0 saturated carbocycles. The molecule has 3 heterocycles. The van der Waals surface area contributed by atoms with Crippen LogP contribution in [-0.4, -0.2) is 58.2 Å². The number of aromatic nitrogens is 2. The average Bonchev–Trinajstić information content (AvgIpc) is 3.30. The summed E-state index contributed by atoms with van der Waals surface area (Å²) in [6, 6.07) is 10.8. The lowest BCUT2D eigenvalue weighted by atomic mass is 9.79. The zero-order valence-corrected chi connectivity index (χ0v) is 17.9. The summed E-state index contributed by atoms with van der Waals surface area (Å²) in [5.41, 5.74) is 3.33. The van der Waals surface area contributed by atoms with Crippen LogP contribution in [0.15, 0.2) is 36.5 Å². The third-order valence-corrected chi connectivity index (χ3v) is 6.66. The first-order chi connectivity index (χ1) is 14.1. The highest BCUT2D eigenvalue weighted by Gasteiger charge is 2.43. The molecule has 2 aliphatic rings. The van der Waals surface area contributed by atoms with Gasteiger partial charge in [-0.05, 0) is 51.1 Å². The fraction of sp³-hybridized carbons (Fsp3) is 0.583. The zero-order valence-electron chi connectivity index (χ0n) is 17.9. The summed E-state index contributed by atoms with van der Waals surface area (Å²) in [6.07, 6.45) is 7.69. The Labute approximate surface area is 174 Å². The monoisotopic (exact) mass is 394 g/mol. The van der Waals surface area contributed by atoms with Crippen LogP contribution in [0.5, 0.6) is 0 Å². The van der Waals surface area contributed by atoms with Crippen LogP contribution in [0.4, 0.5) is 0 Å². The molecule has 156 valence electrons. The van der Waals surface area contributed by atoms with Crippen LogP contribution in [-0.2, 0) is 13.0 Å². The number of amides is 1. The molecule has 2 saturated heterocycles. The number of carbonyl (C=O) groups excluding carboxylic acids is 1. The number of likely N-dealkylation sites (tertiary alicyclic amines) is 2. The van der Waals surface area contributed by atoms with Crippen LogP contribution >= 0.6 is 0 Å². The highest BCUT2D eigenvalue weighted by atomic mass is 16.2. The van der Waals surface area contributed by atoms with E-state index in [1.807, 2.05) is 17.8 Å². The van der Waals surface area contributed by atoms with Crippen LogP contribution in [0.2, 0.25) is 0 Å². The minimum absolute atomic E-state index is 0.170. The Balaban J connectivity index is 1.37. The van der Waals surface area contributed by atoms with Crippen molar-refractivity contribution in [3.05, 3.63) is 53.3 Å². The Morgan fingerprint density at radius 3 is 2.72 bits per heavy atom. The summed E-state index contributed by atoms with van der Waals surface area (Å²) < 4.78 is 1.92. The van der Waals surface area contributed by atoms with E-state index >= 15 is 0 Å². The van der Waals surface area contributed by atoms with Crippen molar-refractivity contribution in [2.75, 3.05) is 32.7 Å². The fourth-order valence-electron chi connectivity index (χ4n) is 5.12. The molecule has 2 aliphatic heterocycles. The molecule has 1 aromatic heterocycles. The Bertz CT molecular complexity index is 831. The van der Waals surface area contributed by atoms with Gasteiger partial charge in [0.15, 0.2) is 0 Å². The van der Waals surface area contributed by atoms with Crippen LogP contribution in [0.3, 0.4) is 0 Å². The van der Waals surface area contributed by atoms with E-state index in [1.54, 1.807) is 0 Å². The van der Waals surface area contributed by atoms with E-state index in [0.29, 0.717) is 0 Å². The Hall–Kier alpha value is -2.14. The van der Waals surface area contributed by atoms with Crippen LogP contribution in [0.1, 0.15) is 54.2 Å². The number of hydrogen-bond donors (Lipinski definition) is 0. The van der Waals surface area contributed by atoms with Gasteiger partial charge in [0, 0.05) is 44.3 Å². The molecule has 29 heavy (non-hydrogen) atoms. The van der Waals surface area contributed by atoms with Crippen LogP contribution in [0.25, 0.3) is 0 Å². The van der Waals surface area contributed by atoms with Gasteiger partial charge in [-0.1, -0.05) is 37.3 Å². The Morgan fingerprint density at radius 2 is 1.93 bits per heavy atom. The number of benzene rings is 1. The van der Waals surface area contributed by atoms with Gasteiger partial charge in [-0.15, -0.1) is 0 Å². The molecule has 4 rings (SSSR count). The van der Waals surface area contributed by atoms with E-state index in [-0.39, 0.29) is 11.3 Å². The summed E-state index contributed by atoms with van der Waals surface area (Å²) in [5.74, 6) is 0.170. The van der Waals surface area contributed by atoms with Gasteiger partial charge < -0.3 is 9.80 Å². The van der Waals surface area contributed by atoms with Crippen molar-refractivity contribution in [3.63, 3.8) is 0 Å².